The second kappa shape index (κ2) is 8.44. The lowest BCUT2D eigenvalue weighted by Gasteiger charge is -2.29. The van der Waals surface area contributed by atoms with Crippen LogP contribution < -0.4 is 10.3 Å². The van der Waals surface area contributed by atoms with E-state index in [1.807, 2.05) is 0 Å². The number of carbonyl (C=O) groups excluding carboxylic acids is 1. The minimum Gasteiger partial charge on any atom is -0.489 e. The first kappa shape index (κ1) is 21.2. The summed E-state index contributed by atoms with van der Waals surface area (Å²) in [6, 6.07) is 16.4. The fraction of sp³-hybridized carbons (Fsp3) is 0.227. The van der Waals surface area contributed by atoms with Gasteiger partial charge in [0.15, 0.2) is 11.5 Å². The van der Waals surface area contributed by atoms with Gasteiger partial charge in [-0.2, -0.15) is 8.78 Å². The average Bonchev–Trinajstić information content (AvgIpc) is 2.76. The molecule has 6 nitrogen and oxygen atoms in total. The molecule has 8 heteroatoms. The number of rotatable bonds is 6. The Hall–Kier alpha value is -3.55. The van der Waals surface area contributed by atoms with E-state index in [2.05, 4.69) is 9.72 Å². The molecule has 0 atom stereocenters. The number of nitrogens with zero attached hydrogens (tertiary/aromatic N) is 2. The number of methoxy groups -OCH3 is 2. The van der Waals surface area contributed by atoms with Crippen LogP contribution in [0.15, 0.2) is 65.5 Å². The van der Waals surface area contributed by atoms with Crippen LogP contribution >= 0.6 is 0 Å². The van der Waals surface area contributed by atoms with Gasteiger partial charge >= 0.3 is 11.9 Å². The summed E-state index contributed by atoms with van der Waals surface area (Å²) in [7, 11) is 3.38. The van der Waals surface area contributed by atoms with Crippen molar-refractivity contribution in [2.75, 3.05) is 14.2 Å². The maximum Gasteiger partial charge on any atom is 0.360 e. The Morgan fingerprint density at radius 3 is 1.93 bits per heavy atom. The zero-order valence-corrected chi connectivity index (χ0v) is 16.6. The molecule has 3 aromatic rings. The third-order valence-corrected chi connectivity index (χ3v) is 4.76. The summed E-state index contributed by atoms with van der Waals surface area (Å²) in [5.41, 5.74) is -0.850. The normalized spacial score (nSPS) is 11.4. The summed E-state index contributed by atoms with van der Waals surface area (Å²) >= 11 is 0. The summed E-state index contributed by atoms with van der Waals surface area (Å²) in [5, 5.41) is 0. The quantitative estimate of drug-likeness (QED) is 0.578. The highest BCUT2D eigenvalue weighted by Gasteiger charge is 2.47. The van der Waals surface area contributed by atoms with Crippen LogP contribution in [0, 0.1) is 0 Å². The number of ether oxygens (including phenoxy) is 2. The molecular weight excluding hydrogens is 394 g/mol. The molecule has 0 amide bonds. The van der Waals surface area contributed by atoms with Crippen LogP contribution in [0.5, 0.6) is 5.75 Å². The molecule has 0 radical (unpaired) electrons. The number of esters is 1. The Morgan fingerprint density at radius 2 is 1.50 bits per heavy atom. The molecular formula is C22H20F2N2O4. The second-order valence-electron chi connectivity index (χ2n) is 6.55. The zero-order chi connectivity index (χ0) is 21.9. The first-order valence-corrected chi connectivity index (χ1v) is 9.04. The molecule has 0 aliphatic carbocycles. The summed E-state index contributed by atoms with van der Waals surface area (Å²) in [5.74, 6) is -7.47. The van der Waals surface area contributed by atoms with E-state index in [0.29, 0.717) is 15.7 Å². The highest BCUT2D eigenvalue weighted by Crippen LogP contribution is 2.45. The van der Waals surface area contributed by atoms with E-state index in [4.69, 9.17) is 4.74 Å². The molecule has 0 fully saturated rings. The number of aromatic nitrogens is 2. The Bertz CT molecular complexity index is 1060. The van der Waals surface area contributed by atoms with E-state index < -0.39 is 40.6 Å². The lowest BCUT2D eigenvalue weighted by atomic mass is 9.85. The van der Waals surface area contributed by atoms with Crippen molar-refractivity contribution >= 4 is 5.97 Å². The van der Waals surface area contributed by atoms with Crippen molar-refractivity contribution in [3.8, 4) is 5.75 Å². The molecule has 2 aromatic carbocycles. The fourth-order valence-corrected chi connectivity index (χ4v) is 3.33. The maximum atomic E-state index is 16.0. The molecule has 0 aliphatic rings. The van der Waals surface area contributed by atoms with E-state index in [0.717, 1.165) is 21.3 Å². The van der Waals surface area contributed by atoms with E-state index in [1.165, 1.54) is 0 Å². The Labute approximate surface area is 171 Å². The number of benzene rings is 2. The Balaban J connectivity index is 2.30. The van der Waals surface area contributed by atoms with Crippen molar-refractivity contribution in [2.24, 2.45) is 7.05 Å². The van der Waals surface area contributed by atoms with Gasteiger partial charge in [-0.05, 0) is 11.1 Å². The largest absolute Gasteiger partial charge is 0.489 e. The van der Waals surface area contributed by atoms with Gasteiger partial charge in [-0.1, -0.05) is 60.7 Å². The Morgan fingerprint density at radius 1 is 1.00 bits per heavy atom. The number of carbonyl (C=O) groups is 1. The minimum absolute atomic E-state index is 0.332. The standard InChI is InChI=1S/C22H20F2N2O4/c1-26-19(27)18(29-2)17(20(28)30-3)25-21(26)22(23,24)16(14-10-6-4-7-11-14)15-12-8-5-9-13-15/h4-13,16H,1-3H3. The van der Waals surface area contributed by atoms with Crippen molar-refractivity contribution in [3.05, 3.63) is 93.7 Å². The third kappa shape index (κ3) is 3.68. The molecule has 0 saturated carbocycles. The van der Waals surface area contributed by atoms with Crippen LogP contribution in [-0.2, 0) is 17.7 Å². The van der Waals surface area contributed by atoms with Crippen molar-refractivity contribution < 1.29 is 23.0 Å². The van der Waals surface area contributed by atoms with Crippen LogP contribution in [0.25, 0.3) is 0 Å². The monoisotopic (exact) mass is 414 g/mol. The number of alkyl halides is 2. The van der Waals surface area contributed by atoms with Gasteiger partial charge in [-0.3, -0.25) is 9.36 Å². The average molecular weight is 414 g/mol. The van der Waals surface area contributed by atoms with Crippen LogP contribution in [0.3, 0.4) is 0 Å². The van der Waals surface area contributed by atoms with Gasteiger partial charge in [0.2, 0.25) is 5.75 Å². The van der Waals surface area contributed by atoms with Crippen molar-refractivity contribution in [1.29, 1.82) is 0 Å². The molecule has 0 unspecified atom stereocenters. The molecule has 0 aliphatic heterocycles. The molecule has 0 N–H and O–H groups in total. The zero-order valence-electron chi connectivity index (χ0n) is 16.6. The van der Waals surface area contributed by atoms with E-state index in [-0.39, 0.29) is 0 Å². The van der Waals surface area contributed by atoms with Gasteiger partial charge in [0.05, 0.1) is 20.1 Å². The van der Waals surface area contributed by atoms with Crippen LogP contribution in [0.4, 0.5) is 8.78 Å². The van der Waals surface area contributed by atoms with E-state index in [9.17, 15) is 9.59 Å². The number of hydrogen-bond donors (Lipinski definition) is 0. The smallest absolute Gasteiger partial charge is 0.360 e. The number of halogens is 2. The number of hydrogen-bond acceptors (Lipinski definition) is 5. The lowest BCUT2D eigenvalue weighted by molar-refractivity contribution is -0.0350. The SMILES string of the molecule is COC(=O)c1nc(C(F)(F)C(c2ccccc2)c2ccccc2)n(C)c(=O)c1OC. The highest BCUT2D eigenvalue weighted by molar-refractivity contribution is 5.90. The van der Waals surface area contributed by atoms with Gasteiger partial charge in [-0.25, -0.2) is 9.78 Å². The van der Waals surface area contributed by atoms with Gasteiger partial charge in [0.1, 0.15) is 0 Å². The molecule has 30 heavy (non-hydrogen) atoms. The van der Waals surface area contributed by atoms with Crippen LogP contribution in [0.2, 0.25) is 0 Å². The lowest BCUT2D eigenvalue weighted by Crippen LogP contribution is -2.36. The van der Waals surface area contributed by atoms with Gasteiger partial charge in [-0.15, -0.1) is 0 Å². The van der Waals surface area contributed by atoms with E-state index >= 15 is 8.78 Å². The summed E-state index contributed by atoms with van der Waals surface area (Å²) in [6.07, 6.45) is 0. The molecule has 0 spiro atoms. The van der Waals surface area contributed by atoms with Gasteiger partial charge in [0, 0.05) is 7.05 Å². The molecule has 0 bridgehead atoms. The van der Waals surface area contributed by atoms with Gasteiger partial charge in [0.25, 0.3) is 5.56 Å². The topological polar surface area (TPSA) is 70.4 Å². The van der Waals surface area contributed by atoms with Crippen molar-refractivity contribution in [2.45, 2.75) is 11.8 Å². The molecule has 1 aromatic heterocycles. The maximum absolute atomic E-state index is 16.0. The van der Waals surface area contributed by atoms with Crippen LogP contribution in [0.1, 0.15) is 33.4 Å². The van der Waals surface area contributed by atoms with Crippen LogP contribution in [-0.4, -0.2) is 29.7 Å². The summed E-state index contributed by atoms with van der Waals surface area (Å²) in [4.78, 5) is 28.6. The first-order chi connectivity index (χ1) is 14.3. The van der Waals surface area contributed by atoms with Crippen molar-refractivity contribution in [1.82, 2.24) is 9.55 Å². The second-order valence-corrected chi connectivity index (χ2v) is 6.55. The predicted octanol–water partition coefficient (Wildman–Crippen LogP) is 3.50. The summed E-state index contributed by atoms with van der Waals surface area (Å²) in [6.45, 7) is 0. The molecule has 0 saturated heterocycles. The van der Waals surface area contributed by atoms with E-state index in [1.54, 1.807) is 60.7 Å². The highest BCUT2D eigenvalue weighted by atomic mass is 19.3. The molecule has 1 heterocycles. The molecule has 156 valence electrons. The Kier molecular flexibility index (Phi) is 5.96. The summed E-state index contributed by atoms with van der Waals surface area (Å²) < 4.78 is 42.2. The minimum atomic E-state index is -3.65. The third-order valence-electron chi connectivity index (χ3n) is 4.76. The van der Waals surface area contributed by atoms with Crippen molar-refractivity contribution in [3.63, 3.8) is 0 Å². The predicted molar refractivity (Wildman–Crippen MR) is 106 cm³/mol. The van der Waals surface area contributed by atoms with Gasteiger partial charge < -0.3 is 9.47 Å². The molecule has 3 rings (SSSR count). The fourth-order valence-electron chi connectivity index (χ4n) is 3.33. The first-order valence-electron chi connectivity index (χ1n) is 9.04.